The first kappa shape index (κ1) is 16.7. The second kappa shape index (κ2) is 7.14. The van der Waals surface area contributed by atoms with E-state index in [4.69, 9.17) is 9.26 Å². The fraction of sp³-hybridized carbons (Fsp3) is 0.438. The lowest BCUT2D eigenvalue weighted by Crippen LogP contribution is -2.46. The molecule has 1 aliphatic heterocycles. The highest BCUT2D eigenvalue weighted by atomic mass is 32.1. The van der Waals surface area contributed by atoms with E-state index in [1.165, 1.54) is 4.90 Å². The van der Waals surface area contributed by atoms with Crippen LogP contribution in [0.15, 0.2) is 22.0 Å². The highest BCUT2D eigenvalue weighted by Gasteiger charge is 2.30. The molecular weight excluding hydrogens is 330 g/mol. The van der Waals surface area contributed by atoms with E-state index < -0.39 is 11.8 Å². The maximum atomic E-state index is 12.5. The van der Waals surface area contributed by atoms with Crippen LogP contribution in [-0.4, -0.2) is 41.6 Å². The van der Waals surface area contributed by atoms with Gasteiger partial charge in [-0.05, 0) is 18.4 Å². The molecule has 24 heavy (non-hydrogen) atoms. The maximum Gasteiger partial charge on any atom is 0.314 e. The molecule has 2 aromatic rings. The van der Waals surface area contributed by atoms with Gasteiger partial charge in [0.2, 0.25) is 0 Å². The standard InChI is InChI=1S/C16H19N3O4S/c1-3-11-14(10(2)18-23-11)17-15(20)16(21)19-6-7-22-12(9-19)13-5-4-8-24-13/h4-5,8,12H,3,6-7,9H2,1-2H3,(H,17,20)/t12-/m1/s1. The zero-order valence-corrected chi connectivity index (χ0v) is 14.4. The second-order valence-electron chi connectivity index (χ2n) is 5.50. The van der Waals surface area contributed by atoms with Crippen molar-refractivity contribution in [2.24, 2.45) is 0 Å². The van der Waals surface area contributed by atoms with Crippen molar-refractivity contribution < 1.29 is 18.8 Å². The molecule has 0 aliphatic carbocycles. The number of nitrogens with zero attached hydrogens (tertiary/aromatic N) is 2. The van der Waals surface area contributed by atoms with E-state index in [1.807, 2.05) is 24.4 Å². The van der Waals surface area contributed by atoms with Crippen LogP contribution in [0.4, 0.5) is 5.69 Å². The number of aromatic nitrogens is 1. The number of carbonyl (C=O) groups excluding carboxylic acids is 2. The van der Waals surface area contributed by atoms with Crippen LogP contribution in [0.3, 0.4) is 0 Å². The van der Waals surface area contributed by atoms with Gasteiger partial charge in [0, 0.05) is 17.8 Å². The van der Waals surface area contributed by atoms with Crippen LogP contribution < -0.4 is 5.32 Å². The number of nitrogens with one attached hydrogen (secondary N) is 1. The molecule has 1 atom stereocenters. The van der Waals surface area contributed by atoms with Crippen LogP contribution in [0.1, 0.15) is 29.4 Å². The van der Waals surface area contributed by atoms with Crippen molar-refractivity contribution in [3.8, 4) is 0 Å². The molecule has 3 heterocycles. The quantitative estimate of drug-likeness (QED) is 0.858. The summed E-state index contributed by atoms with van der Waals surface area (Å²) in [6, 6.07) is 3.91. The van der Waals surface area contributed by atoms with Gasteiger partial charge < -0.3 is 19.5 Å². The third-order valence-corrected chi connectivity index (χ3v) is 4.87. The molecule has 1 saturated heterocycles. The van der Waals surface area contributed by atoms with Gasteiger partial charge in [-0.1, -0.05) is 18.1 Å². The SMILES string of the molecule is CCc1onc(C)c1NC(=O)C(=O)N1CCO[C@@H](c2cccs2)C1. The summed E-state index contributed by atoms with van der Waals surface area (Å²) < 4.78 is 10.8. The lowest BCUT2D eigenvalue weighted by molar-refractivity contribution is -0.148. The Morgan fingerprint density at radius 2 is 2.33 bits per heavy atom. The second-order valence-corrected chi connectivity index (χ2v) is 6.48. The summed E-state index contributed by atoms with van der Waals surface area (Å²) in [6.07, 6.45) is 0.405. The highest BCUT2D eigenvalue weighted by molar-refractivity contribution is 7.10. The topological polar surface area (TPSA) is 84.7 Å². The minimum absolute atomic E-state index is 0.181. The van der Waals surface area contributed by atoms with Crippen molar-refractivity contribution in [2.45, 2.75) is 26.4 Å². The average molecular weight is 349 g/mol. The Bertz CT molecular complexity index is 726. The molecule has 0 saturated carbocycles. The molecule has 0 radical (unpaired) electrons. The van der Waals surface area contributed by atoms with Crippen LogP contribution >= 0.6 is 11.3 Å². The first-order chi connectivity index (χ1) is 11.6. The molecule has 7 nitrogen and oxygen atoms in total. The van der Waals surface area contributed by atoms with Crippen LogP contribution in [0.25, 0.3) is 0 Å². The largest absolute Gasteiger partial charge is 0.369 e. The van der Waals surface area contributed by atoms with Gasteiger partial charge in [0.25, 0.3) is 0 Å². The monoisotopic (exact) mass is 349 g/mol. The van der Waals surface area contributed by atoms with Crippen molar-refractivity contribution in [3.05, 3.63) is 33.8 Å². The van der Waals surface area contributed by atoms with E-state index in [0.717, 1.165) is 4.88 Å². The summed E-state index contributed by atoms with van der Waals surface area (Å²) in [5.41, 5.74) is 1.05. The maximum absolute atomic E-state index is 12.5. The highest BCUT2D eigenvalue weighted by Crippen LogP contribution is 2.26. The number of thiophene rings is 1. The van der Waals surface area contributed by atoms with Gasteiger partial charge in [-0.25, -0.2) is 0 Å². The number of hydrogen-bond acceptors (Lipinski definition) is 6. The Morgan fingerprint density at radius 1 is 1.50 bits per heavy atom. The molecule has 2 amide bonds. The molecule has 0 bridgehead atoms. The van der Waals surface area contributed by atoms with Gasteiger partial charge in [-0.15, -0.1) is 11.3 Å². The molecule has 1 aliphatic rings. The third kappa shape index (κ3) is 3.34. The predicted molar refractivity (Wildman–Crippen MR) is 88.8 cm³/mol. The number of hydrogen-bond donors (Lipinski definition) is 1. The molecule has 1 fully saturated rings. The fourth-order valence-corrected chi connectivity index (χ4v) is 3.37. The number of carbonyl (C=O) groups is 2. The summed E-state index contributed by atoms with van der Waals surface area (Å²) in [7, 11) is 0. The lowest BCUT2D eigenvalue weighted by atomic mass is 10.2. The Balaban J connectivity index is 1.67. The van der Waals surface area contributed by atoms with E-state index in [1.54, 1.807) is 18.3 Å². The molecule has 3 rings (SSSR count). The van der Waals surface area contributed by atoms with Gasteiger partial charge >= 0.3 is 11.8 Å². The zero-order chi connectivity index (χ0) is 17.1. The first-order valence-corrected chi connectivity index (χ1v) is 8.68. The van der Waals surface area contributed by atoms with Gasteiger partial charge in [-0.2, -0.15) is 0 Å². The molecular formula is C16H19N3O4S. The molecule has 0 unspecified atom stereocenters. The number of morpholine rings is 1. The minimum Gasteiger partial charge on any atom is -0.369 e. The normalized spacial score (nSPS) is 17.8. The van der Waals surface area contributed by atoms with Crippen LogP contribution in [0, 0.1) is 6.92 Å². The van der Waals surface area contributed by atoms with Gasteiger partial charge in [-0.3, -0.25) is 9.59 Å². The average Bonchev–Trinajstić information content (AvgIpc) is 3.25. The van der Waals surface area contributed by atoms with Crippen molar-refractivity contribution >= 4 is 28.8 Å². The van der Waals surface area contributed by atoms with Crippen molar-refractivity contribution in [3.63, 3.8) is 0 Å². The summed E-state index contributed by atoms with van der Waals surface area (Å²) in [4.78, 5) is 27.4. The Hall–Kier alpha value is -2.19. The Labute approximate surface area is 143 Å². The fourth-order valence-electron chi connectivity index (χ4n) is 2.61. The van der Waals surface area contributed by atoms with Gasteiger partial charge in [0.1, 0.15) is 17.5 Å². The third-order valence-electron chi connectivity index (χ3n) is 3.90. The molecule has 0 aromatic carbocycles. The predicted octanol–water partition coefficient (Wildman–Crippen LogP) is 2.15. The van der Waals surface area contributed by atoms with Crippen molar-refractivity contribution in [1.29, 1.82) is 0 Å². The summed E-state index contributed by atoms with van der Waals surface area (Å²) >= 11 is 1.58. The number of anilines is 1. The van der Waals surface area contributed by atoms with Crippen LogP contribution in [0.5, 0.6) is 0 Å². The minimum atomic E-state index is -0.678. The number of ether oxygens (including phenoxy) is 1. The molecule has 8 heteroatoms. The number of amides is 2. The molecule has 2 aromatic heterocycles. The Kier molecular flexibility index (Phi) is 4.96. The first-order valence-electron chi connectivity index (χ1n) is 7.80. The van der Waals surface area contributed by atoms with Gasteiger partial charge in [0.15, 0.2) is 5.76 Å². The van der Waals surface area contributed by atoms with E-state index >= 15 is 0 Å². The van der Waals surface area contributed by atoms with Crippen LogP contribution in [0.2, 0.25) is 0 Å². The van der Waals surface area contributed by atoms with Crippen molar-refractivity contribution in [1.82, 2.24) is 10.1 Å². The zero-order valence-electron chi connectivity index (χ0n) is 13.6. The van der Waals surface area contributed by atoms with Crippen LogP contribution in [-0.2, 0) is 20.7 Å². The lowest BCUT2D eigenvalue weighted by Gasteiger charge is -2.32. The van der Waals surface area contributed by atoms with E-state index in [2.05, 4.69) is 10.5 Å². The molecule has 128 valence electrons. The summed E-state index contributed by atoms with van der Waals surface area (Å²) in [5, 5.41) is 8.42. The van der Waals surface area contributed by atoms with Crippen molar-refractivity contribution in [2.75, 3.05) is 25.0 Å². The summed E-state index contributed by atoms with van der Waals surface area (Å²) in [5.74, 6) is -0.683. The number of aryl methyl sites for hydroxylation is 2. The number of rotatable bonds is 3. The van der Waals surface area contributed by atoms with Gasteiger partial charge in [0.05, 0.1) is 13.2 Å². The Morgan fingerprint density at radius 3 is 3.04 bits per heavy atom. The molecule has 1 N–H and O–H groups in total. The van der Waals surface area contributed by atoms with E-state index in [-0.39, 0.29) is 6.10 Å². The molecule has 0 spiro atoms. The van der Waals surface area contributed by atoms with E-state index in [0.29, 0.717) is 43.3 Å². The van der Waals surface area contributed by atoms with E-state index in [9.17, 15) is 9.59 Å². The smallest absolute Gasteiger partial charge is 0.314 e. The summed E-state index contributed by atoms with van der Waals surface area (Å²) in [6.45, 7) is 4.80.